The molecule has 0 spiro atoms. The van der Waals surface area contributed by atoms with Crippen LogP contribution in [0.2, 0.25) is 0 Å². The smallest absolute Gasteiger partial charge is 0.122 e. The van der Waals surface area contributed by atoms with E-state index in [4.69, 9.17) is 4.74 Å². The molecule has 0 saturated heterocycles. The van der Waals surface area contributed by atoms with E-state index < -0.39 is 0 Å². The molecule has 2 nitrogen and oxygen atoms in total. The van der Waals surface area contributed by atoms with Gasteiger partial charge in [0.25, 0.3) is 0 Å². The lowest BCUT2D eigenvalue weighted by Crippen LogP contribution is -2.34. The molecule has 21 heavy (non-hydrogen) atoms. The first-order valence-electron chi connectivity index (χ1n) is 8.69. The Morgan fingerprint density at radius 3 is 2.86 bits per heavy atom. The topological polar surface area (TPSA) is 21.3 Å². The molecule has 0 amide bonds. The van der Waals surface area contributed by atoms with Crippen LogP contribution in [0, 0.1) is 5.92 Å². The zero-order valence-electron chi connectivity index (χ0n) is 13.9. The average molecular weight is 289 g/mol. The summed E-state index contributed by atoms with van der Waals surface area (Å²) in [6, 6.07) is 9.22. The standard InChI is InChI=1S/C19H31NO/c1-4-11-20-17(13-15(3)5-2)14-16-10-12-21-19-9-7-6-8-18(16)19/h6-9,15-17,20H,4-5,10-14H2,1-3H3. The normalized spacial score (nSPS) is 20.4. The second-order valence-electron chi connectivity index (χ2n) is 6.51. The van der Waals surface area contributed by atoms with Crippen LogP contribution in [0.4, 0.5) is 0 Å². The minimum Gasteiger partial charge on any atom is -0.493 e. The summed E-state index contributed by atoms with van der Waals surface area (Å²) in [6.07, 6.45) is 6.17. The molecule has 0 saturated carbocycles. The lowest BCUT2D eigenvalue weighted by molar-refractivity contribution is 0.248. The summed E-state index contributed by atoms with van der Waals surface area (Å²) in [7, 11) is 0. The maximum absolute atomic E-state index is 5.80. The Morgan fingerprint density at radius 1 is 1.29 bits per heavy atom. The highest BCUT2D eigenvalue weighted by Crippen LogP contribution is 2.36. The van der Waals surface area contributed by atoms with E-state index in [1.54, 1.807) is 0 Å². The van der Waals surface area contributed by atoms with Crippen molar-refractivity contribution in [3.63, 3.8) is 0 Å². The fourth-order valence-electron chi connectivity index (χ4n) is 3.27. The monoisotopic (exact) mass is 289 g/mol. The predicted molar refractivity (Wildman–Crippen MR) is 90.1 cm³/mol. The van der Waals surface area contributed by atoms with Gasteiger partial charge >= 0.3 is 0 Å². The van der Waals surface area contributed by atoms with E-state index in [0.29, 0.717) is 12.0 Å². The summed E-state index contributed by atoms with van der Waals surface area (Å²) in [5.41, 5.74) is 1.41. The lowest BCUT2D eigenvalue weighted by atomic mass is 9.84. The second-order valence-corrected chi connectivity index (χ2v) is 6.51. The molecule has 3 unspecified atom stereocenters. The van der Waals surface area contributed by atoms with Crippen molar-refractivity contribution >= 4 is 0 Å². The first kappa shape index (κ1) is 16.4. The number of para-hydroxylation sites is 1. The third-order valence-electron chi connectivity index (χ3n) is 4.72. The summed E-state index contributed by atoms with van der Waals surface area (Å²) in [5, 5.41) is 3.77. The first-order valence-corrected chi connectivity index (χ1v) is 8.69. The highest BCUT2D eigenvalue weighted by atomic mass is 16.5. The third kappa shape index (κ3) is 4.74. The molecule has 1 aromatic rings. The summed E-state index contributed by atoms with van der Waals surface area (Å²) in [5.74, 6) is 2.55. The van der Waals surface area contributed by atoms with Crippen LogP contribution in [-0.2, 0) is 0 Å². The molecule has 2 rings (SSSR count). The van der Waals surface area contributed by atoms with E-state index in [1.807, 2.05) is 0 Å². The lowest BCUT2D eigenvalue weighted by Gasteiger charge is -2.30. The number of benzene rings is 1. The van der Waals surface area contributed by atoms with Crippen LogP contribution >= 0.6 is 0 Å². The second kappa shape index (κ2) is 8.43. The summed E-state index contributed by atoms with van der Waals surface area (Å²) < 4.78 is 5.80. The van der Waals surface area contributed by atoms with Gasteiger partial charge in [-0.05, 0) is 55.7 Å². The molecule has 0 fully saturated rings. The van der Waals surface area contributed by atoms with Gasteiger partial charge in [0.05, 0.1) is 6.61 Å². The van der Waals surface area contributed by atoms with Crippen molar-refractivity contribution in [1.82, 2.24) is 5.32 Å². The van der Waals surface area contributed by atoms with Crippen molar-refractivity contribution in [1.29, 1.82) is 0 Å². The number of hydrogen-bond acceptors (Lipinski definition) is 2. The molecule has 0 bridgehead atoms. The van der Waals surface area contributed by atoms with E-state index in [1.165, 1.54) is 31.2 Å². The number of nitrogens with one attached hydrogen (secondary N) is 1. The summed E-state index contributed by atoms with van der Waals surface area (Å²) in [4.78, 5) is 0. The molecule has 1 N–H and O–H groups in total. The van der Waals surface area contributed by atoms with Gasteiger partial charge in [0.2, 0.25) is 0 Å². The van der Waals surface area contributed by atoms with E-state index in [2.05, 4.69) is 50.4 Å². The molecule has 3 atom stereocenters. The van der Waals surface area contributed by atoms with Crippen LogP contribution in [0.25, 0.3) is 0 Å². The fourth-order valence-corrected chi connectivity index (χ4v) is 3.27. The predicted octanol–water partition coefficient (Wildman–Crippen LogP) is 4.75. The molecule has 0 aromatic heterocycles. The molecule has 2 heteroatoms. The Kier molecular flexibility index (Phi) is 6.56. The van der Waals surface area contributed by atoms with Gasteiger partial charge in [-0.3, -0.25) is 0 Å². The van der Waals surface area contributed by atoms with Crippen LogP contribution in [-0.4, -0.2) is 19.2 Å². The van der Waals surface area contributed by atoms with Gasteiger partial charge < -0.3 is 10.1 Å². The zero-order chi connectivity index (χ0) is 15.1. The molecular weight excluding hydrogens is 258 g/mol. The molecule has 1 aliphatic rings. The Balaban J connectivity index is 2.02. The Hall–Kier alpha value is -1.02. The fraction of sp³-hybridized carbons (Fsp3) is 0.684. The van der Waals surface area contributed by atoms with Crippen LogP contribution in [0.5, 0.6) is 5.75 Å². The van der Waals surface area contributed by atoms with Gasteiger partial charge in [0, 0.05) is 6.04 Å². The molecule has 1 heterocycles. The molecule has 1 aliphatic heterocycles. The Labute approximate surface area is 130 Å². The van der Waals surface area contributed by atoms with Crippen molar-refractivity contribution in [3.05, 3.63) is 29.8 Å². The van der Waals surface area contributed by atoms with E-state index >= 15 is 0 Å². The minimum absolute atomic E-state index is 0.635. The van der Waals surface area contributed by atoms with Crippen LogP contribution in [0.15, 0.2) is 24.3 Å². The third-order valence-corrected chi connectivity index (χ3v) is 4.72. The van der Waals surface area contributed by atoms with Gasteiger partial charge in [0.1, 0.15) is 5.75 Å². The number of ether oxygens (including phenoxy) is 1. The molecular formula is C19H31NO. The van der Waals surface area contributed by atoms with E-state index in [9.17, 15) is 0 Å². The van der Waals surface area contributed by atoms with Crippen LogP contribution < -0.4 is 10.1 Å². The average Bonchev–Trinajstić information content (AvgIpc) is 2.52. The van der Waals surface area contributed by atoms with Crippen molar-refractivity contribution in [2.24, 2.45) is 5.92 Å². The Morgan fingerprint density at radius 2 is 2.10 bits per heavy atom. The van der Waals surface area contributed by atoms with E-state index in [0.717, 1.165) is 31.2 Å². The molecule has 0 radical (unpaired) electrons. The number of rotatable bonds is 8. The molecule has 1 aromatic carbocycles. The quantitative estimate of drug-likeness (QED) is 0.746. The zero-order valence-corrected chi connectivity index (χ0v) is 13.9. The maximum atomic E-state index is 5.80. The molecule has 0 aliphatic carbocycles. The maximum Gasteiger partial charge on any atom is 0.122 e. The van der Waals surface area contributed by atoms with Gasteiger partial charge in [-0.15, -0.1) is 0 Å². The van der Waals surface area contributed by atoms with Crippen molar-refractivity contribution < 1.29 is 4.74 Å². The highest BCUT2D eigenvalue weighted by Gasteiger charge is 2.24. The van der Waals surface area contributed by atoms with Crippen LogP contribution in [0.3, 0.4) is 0 Å². The largest absolute Gasteiger partial charge is 0.493 e. The van der Waals surface area contributed by atoms with Gasteiger partial charge in [-0.2, -0.15) is 0 Å². The van der Waals surface area contributed by atoms with Gasteiger partial charge in [-0.25, -0.2) is 0 Å². The minimum atomic E-state index is 0.635. The number of fused-ring (bicyclic) bond motifs is 1. The first-order chi connectivity index (χ1) is 10.2. The highest BCUT2D eigenvalue weighted by molar-refractivity contribution is 5.37. The Bertz CT molecular complexity index is 418. The van der Waals surface area contributed by atoms with Crippen LogP contribution in [0.1, 0.15) is 64.4 Å². The molecule has 118 valence electrons. The van der Waals surface area contributed by atoms with Crippen molar-refractivity contribution in [3.8, 4) is 5.75 Å². The van der Waals surface area contributed by atoms with Gasteiger partial charge in [0.15, 0.2) is 0 Å². The van der Waals surface area contributed by atoms with Gasteiger partial charge in [-0.1, -0.05) is 45.4 Å². The summed E-state index contributed by atoms with van der Waals surface area (Å²) in [6.45, 7) is 8.92. The SMILES string of the molecule is CCCNC(CC(C)CC)CC1CCOc2ccccc21. The van der Waals surface area contributed by atoms with E-state index in [-0.39, 0.29) is 0 Å². The number of hydrogen-bond donors (Lipinski definition) is 1. The van der Waals surface area contributed by atoms with Crippen molar-refractivity contribution in [2.75, 3.05) is 13.2 Å². The summed E-state index contributed by atoms with van der Waals surface area (Å²) >= 11 is 0. The van der Waals surface area contributed by atoms with Crippen molar-refractivity contribution in [2.45, 2.75) is 64.8 Å².